The summed E-state index contributed by atoms with van der Waals surface area (Å²) in [6.07, 6.45) is 0. The molecule has 1 fully saturated rings. The Labute approximate surface area is 140 Å². The van der Waals surface area contributed by atoms with Gasteiger partial charge in [0.25, 0.3) is 0 Å². The Bertz CT molecular complexity index is 807. The van der Waals surface area contributed by atoms with Gasteiger partial charge in [0.05, 0.1) is 11.6 Å². The molecule has 3 nitrogen and oxygen atoms in total. The van der Waals surface area contributed by atoms with Gasteiger partial charge in [-0.15, -0.1) is 0 Å². The van der Waals surface area contributed by atoms with Gasteiger partial charge in [0, 0.05) is 35.2 Å². The third kappa shape index (κ3) is 3.19. The molecule has 0 radical (unpaired) electrons. The molecule has 0 unspecified atom stereocenters. The molecule has 0 N–H and O–H groups in total. The average Bonchev–Trinajstić information content (AvgIpc) is 2.56. The van der Waals surface area contributed by atoms with Crippen molar-refractivity contribution in [3.63, 3.8) is 0 Å². The molecule has 0 aromatic heterocycles. The van der Waals surface area contributed by atoms with Crippen LogP contribution in [-0.2, 0) is 9.31 Å². The van der Waals surface area contributed by atoms with E-state index < -0.39 is 18.8 Å². The number of benzene rings is 2. The zero-order chi connectivity index (χ0) is 17.3. The van der Waals surface area contributed by atoms with Crippen molar-refractivity contribution >= 4 is 12.6 Å². The number of hydrogen-bond acceptors (Lipinski definition) is 3. The molecule has 1 aliphatic rings. The van der Waals surface area contributed by atoms with Crippen molar-refractivity contribution in [3.8, 4) is 17.2 Å². The van der Waals surface area contributed by atoms with E-state index in [9.17, 15) is 14.0 Å². The SMILES string of the molecule is CC1(C)COB(c2cc(-c3ccccc3F)c(C#N)cc2F)OC1. The Kier molecular flexibility index (Phi) is 4.40. The van der Waals surface area contributed by atoms with Crippen LogP contribution in [0.15, 0.2) is 36.4 Å². The molecule has 6 heteroatoms. The second-order valence-electron chi connectivity index (χ2n) is 6.63. The van der Waals surface area contributed by atoms with E-state index in [1.807, 2.05) is 19.9 Å². The van der Waals surface area contributed by atoms with E-state index in [4.69, 9.17) is 9.31 Å². The van der Waals surface area contributed by atoms with Gasteiger partial charge in [-0.3, -0.25) is 0 Å². The third-order valence-corrected chi connectivity index (χ3v) is 3.93. The van der Waals surface area contributed by atoms with Crippen molar-refractivity contribution < 1.29 is 18.1 Å². The minimum absolute atomic E-state index is 0.0671. The van der Waals surface area contributed by atoms with Gasteiger partial charge >= 0.3 is 7.12 Å². The maximum absolute atomic E-state index is 14.4. The third-order valence-electron chi connectivity index (χ3n) is 3.93. The van der Waals surface area contributed by atoms with Crippen molar-refractivity contribution in [1.82, 2.24) is 0 Å². The van der Waals surface area contributed by atoms with Crippen molar-refractivity contribution in [2.24, 2.45) is 5.41 Å². The molecule has 1 aliphatic heterocycles. The van der Waals surface area contributed by atoms with E-state index in [1.165, 1.54) is 12.1 Å². The van der Waals surface area contributed by atoms with Crippen LogP contribution in [0.3, 0.4) is 0 Å². The predicted molar refractivity (Wildman–Crippen MR) is 87.6 cm³/mol. The molecular formula is C18H16BF2NO2. The first-order valence-electron chi connectivity index (χ1n) is 7.63. The van der Waals surface area contributed by atoms with Gasteiger partial charge in [0.15, 0.2) is 0 Å². The number of nitriles is 1. The first kappa shape index (κ1) is 16.6. The van der Waals surface area contributed by atoms with Crippen LogP contribution in [0.5, 0.6) is 0 Å². The van der Waals surface area contributed by atoms with E-state index in [1.54, 1.807) is 18.2 Å². The molecular weight excluding hydrogens is 311 g/mol. The van der Waals surface area contributed by atoms with E-state index in [-0.39, 0.29) is 22.0 Å². The van der Waals surface area contributed by atoms with E-state index in [2.05, 4.69) is 0 Å². The molecule has 0 atom stereocenters. The highest BCUT2D eigenvalue weighted by molar-refractivity contribution is 6.61. The minimum Gasteiger partial charge on any atom is -0.407 e. The topological polar surface area (TPSA) is 42.2 Å². The highest BCUT2D eigenvalue weighted by Crippen LogP contribution is 2.27. The van der Waals surface area contributed by atoms with Crippen molar-refractivity contribution in [3.05, 3.63) is 53.6 Å². The smallest absolute Gasteiger partial charge is 0.407 e. The van der Waals surface area contributed by atoms with Crippen LogP contribution in [-0.4, -0.2) is 20.3 Å². The van der Waals surface area contributed by atoms with Gasteiger partial charge in [-0.25, -0.2) is 8.78 Å². The van der Waals surface area contributed by atoms with Crippen molar-refractivity contribution in [2.75, 3.05) is 13.2 Å². The van der Waals surface area contributed by atoms with Crippen molar-refractivity contribution in [2.45, 2.75) is 13.8 Å². The van der Waals surface area contributed by atoms with Crippen LogP contribution in [0.4, 0.5) is 8.78 Å². The van der Waals surface area contributed by atoms with Gasteiger partial charge in [0.1, 0.15) is 11.6 Å². The largest absolute Gasteiger partial charge is 0.496 e. The quantitative estimate of drug-likeness (QED) is 0.795. The summed E-state index contributed by atoms with van der Waals surface area (Å²) in [6, 6.07) is 10.5. The second-order valence-corrected chi connectivity index (χ2v) is 6.63. The van der Waals surface area contributed by atoms with Gasteiger partial charge < -0.3 is 9.31 Å². The first-order chi connectivity index (χ1) is 11.4. The molecule has 1 saturated heterocycles. The molecule has 24 heavy (non-hydrogen) atoms. The lowest BCUT2D eigenvalue weighted by Gasteiger charge is -2.33. The van der Waals surface area contributed by atoms with Crippen LogP contribution in [0, 0.1) is 28.4 Å². The van der Waals surface area contributed by atoms with Crippen LogP contribution in [0.1, 0.15) is 19.4 Å². The van der Waals surface area contributed by atoms with Gasteiger partial charge in [-0.1, -0.05) is 38.1 Å². The Balaban J connectivity index is 2.05. The van der Waals surface area contributed by atoms with Crippen molar-refractivity contribution in [1.29, 1.82) is 5.26 Å². The summed E-state index contributed by atoms with van der Waals surface area (Å²) < 4.78 is 39.7. The first-order valence-corrected chi connectivity index (χ1v) is 7.63. The monoisotopic (exact) mass is 327 g/mol. The summed E-state index contributed by atoms with van der Waals surface area (Å²) >= 11 is 0. The fourth-order valence-corrected chi connectivity index (χ4v) is 2.64. The fraction of sp³-hybridized carbons (Fsp3) is 0.278. The molecule has 3 rings (SSSR count). The van der Waals surface area contributed by atoms with Crippen LogP contribution in [0.25, 0.3) is 11.1 Å². The lowest BCUT2D eigenvalue weighted by atomic mass is 9.74. The Hall–Kier alpha value is -2.23. The summed E-state index contributed by atoms with van der Waals surface area (Å²) in [4.78, 5) is 0. The summed E-state index contributed by atoms with van der Waals surface area (Å²) in [7, 11) is -0.865. The fourth-order valence-electron chi connectivity index (χ4n) is 2.64. The number of hydrogen-bond donors (Lipinski definition) is 0. The van der Waals surface area contributed by atoms with Crippen LogP contribution < -0.4 is 5.46 Å². The van der Waals surface area contributed by atoms with Gasteiger partial charge in [-0.2, -0.15) is 5.26 Å². The van der Waals surface area contributed by atoms with E-state index in [0.29, 0.717) is 18.8 Å². The average molecular weight is 327 g/mol. The zero-order valence-corrected chi connectivity index (χ0v) is 13.5. The predicted octanol–water partition coefficient (Wildman–Crippen LogP) is 3.27. The summed E-state index contributed by atoms with van der Waals surface area (Å²) in [5.74, 6) is -1.07. The lowest BCUT2D eigenvalue weighted by Crippen LogP contribution is -2.48. The van der Waals surface area contributed by atoms with Gasteiger partial charge in [-0.05, 0) is 12.1 Å². The standard InChI is InChI=1S/C18H16BF2NO2/c1-18(2)10-23-19(24-11-18)15-8-14(12(9-22)7-17(15)21)13-5-3-4-6-16(13)20/h3-8H,10-11H2,1-2H3. The summed E-state index contributed by atoms with van der Waals surface area (Å²) in [5, 5.41) is 9.26. The van der Waals surface area contributed by atoms with Gasteiger partial charge in [0.2, 0.25) is 0 Å². The zero-order valence-electron chi connectivity index (χ0n) is 13.5. The highest BCUT2D eigenvalue weighted by Gasteiger charge is 2.35. The molecule has 2 aromatic rings. The summed E-state index contributed by atoms with van der Waals surface area (Å²) in [5.41, 5.74) is 0.657. The molecule has 2 aromatic carbocycles. The minimum atomic E-state index is -0.865. The molecule has 0 aliphatic carbocycles. The Morgan fingerprint density at radius 1 is 1.04 bits per heavy atom. The number of nitrogens with zero attached hydrogens (tertiary/aromatic N) is 1. The highest BCUT2D eigenvalue weighted by atomic mass is 19.1. The maximum atomic E-state index is 14.4. The lowest BCUT2D eigenvalue weighted by molar-refractivity contribution is 0.0340. The maximum Gasteiger partial charge on any atom is 0.496 e. The second kappa shape index (κ2) is 6.35. The molecule has 0 spiro atoms. The molecule has 0 amide bonds. The number of rotatable bonds is 2. The van der Waals surface area contributed by atoms with Crippen LogP contribution in [0.2, 0.25) is 0 Å². The number of halogens is 2. The van der Waals surface area contributed by atoms with Crippen LogP contribution >= 0.6 is 0 Å². The normalized spacial score (nSPS) is 16.7. The molecule has 122 valence electrons. The summed E-state index contributed by atoms with van der Waals surface area (Å²) in [6.45, 7) is 4.82. The molecule has 0 bridgehead atoms. The molecule has 1 heterocycles. The Morgan fingerprint density at radius 3 is 2.33 bits per heavy atom. The molecule has 0 saturated carbocycles. The van der Waals surface area contributed by atoms with E-state index in [0.717, 1.165) is 6.07 Å². The Morgan fingerprint density at radius 2 is 1.71 bits per heavy atom. The van der Waals surface area contributed by atoms with E-state index >= 15 is 0 Å².